The number of hydrogen-bond acceptors (Lipinski definition) is 3. The number of carbonyl (C=O) groups excluding carboxylic acids is 1. The molecule has 3 unspecified atom stereocenters. The monoisotopic (exact) mass is 289 g/mol. The van der Waals surface area contributed by atoms with Crippen LogP contribution in [0.1, 0.15) is 32.8 Å². The summed E-state index contributed by atoms with van der Waals surface area (Å²) in [6.07, 6.45) is 1.17. The normalized spacial score (nSPS) is 24.6. The molecule has 3 atom stereocenters. The molecule has 1 fully saturated rings. The van der Waals surface area contributed by atoms with Gasteiger partial charge in [-0.25, -0.2) is 0 Å². The third-order valence-electron chi connectivity index (χ3n) is 4.72. The number of rotatable bonds is 4. The van der Waals surface area contributed by atoms with Gasteiger partial charge < -0.3 is 11.1 Å². The van der Waals surface area contributed by atoms with E-state index in [2.05, 4.69) is 24.1 Å². The topological polar surface area (TPSA) is 58.4 Å². The van der Waals surface area contributed by atoms with Gasteiger partial charge in [0.15, 0.2) is 0 Å². The number of nitrogens with zero attached hydrogens (tertiary/aromatic N) is 1. The fourth-order valence-corrected chi connectivity index (χ4v) is 2.84. The van der Waals surface area contributed by atoms with Crippen molar-refractivity contribution in [3.63, 3.8) is 0 Å². The van der Waals surface area contributed by atoms with E-state index in [1.807, 2.05) is 31.2 Å². The number of likely N-dealkylation sites (tertiary alicyclic amines) is 1. The van der Waals surface area contributed by atoms with E-state index in [1.165, 1.54) is 6.42 Å². The van der Waals surface area contributed by atoms with Gasteiger partial charge in [-0.1, -0.05) is 26.0 Å². The largest absolute Gasteiger partial charge is 0.326 e. The first kappa shape index (κ1) is 16.0. The molecule has 0 radical (unpaired) electrons. The highest BCUT2D eigenvalue weighted by Crippen LogP contribution is 2.24. The van der Waals surface area contributed by atoms with Crippen molar-refractivity contribution >= 4 is 11.6 Å². The average molecular weight is 289 g/mol. The maximum Gasteiger partial charge on any atom is 0.241 e. The van der Waals surface area contributed by atoms with Crippen LogP contribution in [0.3, 0.4) is 0 Å². The van der Waals surface area contributed by atoms with Crippen LogP contribution in [0.5, 0.6) is 0 Å². The van der Waals surface area contributed by atoms with Crippen molar-refractivity contribution in [2.45, 2.75) is 39.8 Å². The van der Waals surface area contributed by atoms with Crippen LogP contribution >= 0.6 is 0 Å². The molecule has 1 aliphatic rings. The predicted molar refractivity (Wildman–Crippen MR) is 86.9 cm³/mol. The SMILES string of the molecule is CC1CCN(C(C)C(=O)Nc2cccc(CN)c2)CC1C. The quantitative estimate of drug-likeness (QED) is 0.895. The lowest BCUT2D eigenvalue weighted by molar-refractivity contribution is -0.121. The molecule has 0 aromatic heterocycles. The van der Waals surface area contributed by atoms with Gasteiger partial charge in [0.2, 0.25) is 5.91 Å². The number of anilines is 1. The third-order valence-corrected chi connectivity index (χ3v) is 4.72. The lowest BCUT2D eigenvalue weighted by atomic mass is 9.88. The standard InChI is InChI=1S/C17H27N3O/c1-12-7-8-20(11-13(12)2)14(3)17(21)19-16-6-4-5-15(9-16)10-18/h4-6,9,12-14H,7-8,10-11,18H2,1-3H3,(H,19,21). The highest BCUT2D eigenvalue weighted by atomic mass is 16.2. The Labute approximate surface area is 127 Å². The minimum absolute atomic E-state index is 0.0610. The van der Waals surface area contributed by atoms with Crippen molar-refractivity contribution in [1.82, 2.24) is 4.90 Å². The highest BCUT2D eigenvalue weighted by molar-refractivity contribution is 5.94. The molecule has 1 aliphatic heterocycles. The number of hydrogen-bond donors (Lipinski definition) is 2. The van der Waals surface area contributed by atoms with Crippen LogP contribution in [-0.2, 0) is 11.3 Å². The Morgan fingerprint density at radius 1 is 1.43 bits per heavy atom. The summed E-state index contributed by atoms with van der Waals surface area (Å²) in [5, 5.41) is 3.00. The molecule has 1 heterocycles. The summed E-state index contributed by atoms with van der Waals surface area (Å²) in [5.41, 5.74) is 7.49. The summed E-state index contributed by atoms with van der Waals surface area (Å²) in [6, 6.07) is 7.64. The van der Waals surface area contributed by atoms with Crippen LogP contribution in [0, 0.1) is 11.8 Å². The van der Waals surface area contributed by atoms with Crippen LogP contribution in [-0.4, -0.2) is 29.9 Å². The number of nitrogens with two attached hydrogens (primary N) is 1. The molecule has 2 rings (SSSR count). The molecule has 0 aliphatic carbocycles. The molecule has 1 saturated heterocycles. The number of piperidine rings is 1. The van der Waals surface area contributed by atoms with Crippen molar-refractivity contribution in [2.75, 3.05) is 18.4 Å². The molecule has 0 saturated carbocycles. The first-order valence-electron chi connectivity index (χ1n) is 7.85. The number of carbonyl (C=O) groups is 1. The Morgan fingerprint density at radius 3 is 2.86 bits per heavy atom. The molecule has 21 heavy (non-hydrogen) atoms. The van der Waals surface area contributed by atoms with Gasteiger partial charge in [-0.3, -0.25) is 9.69 Å². The summed E-state index contributed by atoms with van der Waals surface area (Å²) in [6.45, 7) is 9.05. The molecule has 1 aromatic rings. The van der Waals surface area contributed by atoms with Crippen LogP contribution in [0.4, 0.5) is 5.69 Å². The van der Waals surface area contributed by atoms with Gasteiger partial charge in [-0.15, -0.1) is 0 Å². The Morgan fingerprint density at radius 2 is 2.19 bits per heavy atom. The molecule has 3 N–H and O–H groups in total. The zero-order valence-corrected chi connectivity index (χ0v) is 13.3. The highest BCUT2D eigenvalue weighted by Gasteiger charge is 2.28. The van der Waals surface area contributed by atoms with E-state index in [1.54, 1.807) is 0 Å². The van der Waals surface area contributed by atoms with E-state index < -0.39 is 0 Å². The fourth-order valence-electron chi connectivity index (χ4n) is 2.84. The predicted octanol–water partition coefficient (Wildman–Crippen LogP) is 2.45. The molecular formula is C17H27N3O. The summed E-state index contributed by atoms with van der Waals surface area (Å²) in [4.78, 5) is 14.7. The van der Waals surface area contributed by atoms with E-state index in [0.29, 0.717) is 12.5 Å². The lowest BCUT2D eigenvalue weighted by Gasteiger charge is -2.38. The molecule has 4 heteroatoms. The maximum atomic E-state index is 12.4. The molecule has 116 valence electrons. The fraction of sp³-hybridized carbons (Fsp3) is 0.588. The minimum Gasteiger partial charge on any atom is -0.326 e. The Hall–Kier alpha value is -1.39. The Bertz CT molecular complexity index is 489. The second-order valence-electron chi connectivity index (χ2n) is 6.31. The molecule has 1 aromatic carbocycles. The van der Waals surface area contributed by atoms with Gasteiger partial charge in [0.05, 0.1) is 6.04 Å². The first-order chi connectivity index (χ1) is 10.0. The lowest BCUT2D eigenvalue weighted by Crippen LogP contribution is -2.48. The van der Waals surface area contributed by atoms with Crippen LogP contribution in [0.15, 0.2) is 24.3 Å². The van der Waals surface area contributed by atoms with Crippen molar-refractivity contribution in [3.8, 4) is 0 Å². The van der Waals surface area contributed by atoms with E-state index >= 15 is 0 Å². The maximum absolute atomic E-state index is 12.4. The summed E-state index contributed by atoms with van der Waals surface area (Å²) in [5.74, 6) is 1.46. The van der Waals surface area contributed by atoms with Gasteiger partial charge in [0, 0.05) is 18.8 Å². The first-order valence-corrected chi connectivity index (χ1v) is 7.85. The van der Waals surface area contributed by atoms with Gasteiger partial charge in [-0.2, -0.15) is 0 Å². The molecule has 0 bridgehead atoms. The van der Waals surface area contributed by atoms with Crippen LogP contribution in [0.25, 0.3) is 0 Å². The Balaban J connectivity index is 1.96. The van der Waals surface area contributed by atoms with Crippen LogP contribution < -0.4 is 11.1 Å². The Kier molecular flexibility index (Phi) is 5.37. The van der Waals surface area contributed by atoms with Gasteiger partial charge in [0.1, 0.15) is 0 Å². The molecular weight excluding hydrogens is 262 g/mol. The van der Waals surface area contributed by atoms with E-state index in [-0.39, 0.29) is 11.9 Å². The minimum atomic E-state index is -0.0958. The number of benzene rings is 1. The zero-order chi connectivity index (χ0) is 15.4. The van der Waals surface area contributed by atoms with Crippen molar-refractivity contribution in [2.24, 2.45) is 17.6 Å². The number of nitrogens with one attached hydrogen (secondary N) is 1. The van der Waals surface area contributed by atoms with E-state index in [4.69, 9.17) is 5.73 Å². The summed E-state index contributed by atoms with van der Waals surface area (Å²) < 4.78 is 0. The van der Waals surface area contributed by atoms with Gasteiger partial charge in [-0.05, 0) is 49.4 Å². The average Bonchev–Trinajstić information content (AvgIpc) is 2.49. The van der Waals surface area contributed by atoms with E-state index in [0.717, 1.165) is 30.3 Å². The summed E-state index contributed by atoms with van der Waals surface area (Å²) in [7, 11) is 0. The molecule has 0 spiro atoms. The molecule has 4 nitrogen and oxygen atoms in total. The summed E-state index contributed by atoms with van der Waals surface area (Å²) >= 11 is 0. The van der Waals surface area contributed by atoms with E-state index in [9.17, 15) is 4.79 Å². The number of amides is 1. The second kappa shape index (κ2) is 7.05. The van der Waals surface area contributed by atoms with Gasteiger partial charge in [0.25, 0.3) is 0 Å². The van der Waals surface area contributed by atoms with Gasteiger partial charge >= 0.3 is 0 Å². The smallest absolute Gasteiger partial charge is 0.241 e. The second-order valence-corrected chi connectivity index (χ2v) is 6.31. The van der Waals surface area contributed by atoms with Crippen molar-refractivity contribution in [1.29, 1.82) is 0 Å². The van der Waals surface area contributed by atoms with Crippen molar-refractivity contribution < 1.29 is 4.79 Å². The zero-order valence-electron chi connectivity index (χ0n) is 13.3. The third kappa shape index (κ3) is 4.05. The molecule has 1 amide bonds. The van der Waals surface area contributed by atoms with Crippen molar-refractivity contribution in [3.05, 3.63) is 29.8 Å². The van der Waals surface area contributed by atoms with Crippen LogP contribution in [0.2, 0.25) is 0 Å².